The van der Waals surface area contributed by atoms with E-state index in [1.165, 1.54) is 7.11 Å². The van der Waals surface area contributed by atoms with Crippen molar-refractivity contribution >= 4 is 17.7 Å². The lowest BCUT2D eigenvalue weighted by atomic mass is 9.86. The summed E-state index contributed by atoms with van der Waals surface area (Å²) in [6.45, 7) is 0.258. The number of esters is 1. The molecule has 0 atom stereocenters. The normalized spacial score (nSPS) is 18.3. The number of hydrogen-bond donors (Lipinski definition) is 2. The number of rotatable bonds is 6. The Hall–Kier alpha value is -3.02. The molecule has 0 bridgehead atoms. The van der Waals surface area contributed by atoms with Crippen LogP contribution in [0, 0.1) is 0 Å². The monoisotopic (exact) mass is 354 g/mol. The maximum atomic E-state index is 11.9. The number of hydrogen-bond acceptors (Lipinski definition) is 5. The summed E-state index contributed by atoms with van der Waals surface area (Å²) in [5, 5.41) is 6.19. The van der Waals surface area contributed by atoms with Gasteiger partial charge in [-0.2, -0.15) is 0 Å². The molecule has 0 unspecified atom stereocenters. The van der Waals surface area contributed by atoms with Crippen molar-refractivity contribution in [2.75, 3.05) is 12.4 Å². The molecular formula is C20H22N2O4. The van der Waals surface area contributed by atoms with Crippen LogP contribution in [0.25, 0.3) is 0 Å². The fourth-order valence-corrected chi connectivity index (χ4v) is 2.90. The van der Waals surface area contributed by atoms with Crippen molar-refractivity contribution < 1.29 is 19.1 Å². The molecule has 1 aliphatic carbocycles. The van der Waals surface area contributed by atoms with Crippen LogP contribution < -0.4 is 10.6 Å². The molecule has 6 heteroatoms. The Morgan fingerprint density at radius 3 is 2.42 bits per heavy atom. The topological polar surface area (TPSA) is 76.7 Å². The summed E-state index contributed by atoms with van der Waals surface area (Å²) in [5.74, 6) is -0.369. The van der Waals surface area contributed by atoms with E-state index in [0.717, 1.165) is 24.1 Å². The van der Waals surface area contributed by atoms with Crippen molar-refractivity contribution in [2.45, 2.75) is 31.5 Å². The van der Waals surface area contributed by atoms with Crippen molar-refractivity contribution in [2.24, 2.45) is 0 Å². The molecule has 0 aliphatic heterocycles. The van der Waals surface area contributed by atoms with Crippen molar-refractivity contribution in [1.82, 2.24) is 5.32 Å². The van der Waals surface area contributed by atoms with E-state index in [1.807, 2.05) is 42.5 Å². The first kappa shape index (κ1) is 17.8. The van der Waals surface area contributed by atoms with Gasteiger partial charge in [-0.15, -0.1) is 0 Å². The number of methoxy groups -OCH3 is 1. The molecule has 0 spiro atoms. The molecule has 2 aromatic carbocycles. The summed E-state index contributed by atoms with van der Waals surface area (Å²) in [6.07, 6.45) is 1.14. The molecule has 2 N–H and O–H groups in total. The average molecular weight is 354 g/mol. The van der Waals surface area contributed by atoms with Gasteiger partial charge in [-0.3, -0.25) is 0 Å². The minimum atomic E-state index is -0.410. The maximum absolute atomic E-state index is 11.9. The molecule has 0 saturated heterocycles. The molecule has 0 radical (unpaired) electrons. The lowest BCUT2D eigenvalue weighted by Gasteiger charge is -2.36. The van der Waals surface area contributed by atoms with Crippen molar-refractivity contribution in [3.05, 3.63) is 65.7 Å². The Kier molecular flexibility index (Phi) is 5.73. The number of nitrogens with one attached hydrogen (secondary N) is 2. The van der Waals surface area contributed by atoms with E-state index < -0.39 is 6.09 Å². The Morgan fingerprint density at radius 1 is 1.00 bits per heavy atom. The second-order valence-corrected chi connectivity index (χ2v) is 6.25. The number of amides is 1. The van der Waals surface area contributed by atoms with Crippen molar-refractivity contribution in [3.63, 3.8) is 0 Å². The fourth-order valence-electron chi connectivity index (χ4n) is 2.90. The number of ether oxygens (including phenoxy) is 2. The zero-order valence-electron chi connectivity index (χ0n) is 14.6. The Bertz CT molecular complexity index is 757. The van der Waals surface area contributed by atoms with Crippen LogP contribution in [-0.4, -0.2) is 31.3 Å². The quantitative estimate of drug-likeness (QED) is 0.778. The van der Waals surface area contributed by atoms with Gasteiger partial charge in [-0.25, -0.2) is 9.59 Å². The molecule has 1 aliphatic rings. The van der Waals surface area contributed by atoms with Gasteiger partial charge in [-0.05, 0) is 30.5 Å². The molecule has 2 aromatic rings. The van der Waals surface area contributed by atoms with E-state index in [1.54, 1.807) is 12.1 Å². The molecule has 136 valence electrons. The second-order valence-electron chi connectivity index (χ2n) is 6.25. The molecule has 26 heavy (non-hydrogen) atoms. The summed E-state index contributed by atoms with van der Waals surface area (Å²) in [4.78, 5) is 23.6. The minimum absolute atomic E-state index is 0.0704. The SMILES string of the molecule is COC(=O)c1ccccc1NC1CC(NC(=O)OCc2ccccc2)C1. The second kappa shape index (κ2) is 8.38. The predicted octanol–water partition coefficient (Wildman–Crippen LogP) is 3.34. The van der Waals surface area contributed by atoms with Crippen LogP contribution >= 0.6 is 0 Å². The first-order chi connectivity index (χ1) is 12.7. The van der Waals surface area contributed by atoms with E-state index in [0.29, 0.717) is 5.56 Å². The van der Waals surface area contributed by atoms with Crippen LogP contribution in [0.3, 0.4) is 0 Å². The number of alkyl carbamates (subject to hydrolysis) is 1. The van der Waals surface area contributed by atoms with Gasteiger partial charge in [0.2, 0.25) is 0 Å². The summed E-state index contributed by atoms with van der Waals surface area (Å²) < 4.78 is 10.0. The molecule has 1 saturated carbocycles. The van der Waals surface area contributed by atoms with Gasteiger partial charge >= 0.3 is 12.1 Å². The zero-order valence-corrected chi connectivity index (χ0v) is 14.6. The van der Waals surface area contributed by atoms with Crippen LogP contribution in [0.15, 0.2) is 54.6 Å². The molecule has 0 aromatic heterocycles. The van der Waals surface area contributed by atoms with Crippen LogP contribution in [0.5, 0.6) is 0 Å². The standard InChI is InChI=1S/C20H22N2O4/c1-25-19(23)17-9-5-6-10-18(17)21-15-11-16(12-15)22-20(24)26-13-14-7-3-2-4-8-14/h2-10,15-16,21H,11-13H2,1H3,(H,22,24). The van der Waals surface area contributed by atoms with Crippen LogP contribution in [0.4, 0.5) is 10.5 Å². The van der Waals surface area contributed by atoms with Crippen LogP contribution in [-0.2, 0) is 16.1 Å². The highest BCUT2D eigenvalue weighted by Gasteiger charge is 2.31. The molecule has 3 rings (SSSR count). The smallest absolute Gasteiger partial charge is 0.407 e. The lowest BCUT2D eigenvalue weighted by Crippen LogP contribution is -2.49. The van der Waals surface area contributed by atoms with Gasteiger partial charge in [0.05, 0.1) is 12.7 Å². The summed E-state index contributed by atoms with van der Waals surface area (Å²) in [7, 11) is 1.36. The lowest BCUT2D eigenvalue weighted by molar-refractivity contribution is 0.0601. The van der Waals surface area contributed by atoms with E-state index in [-0.39, 0.29) is 24.7 Å². The highest BCUT2D eigenvalue weighted by molar-refractivity contribution is 5.95. The molecule has 1 fully saturated rings. The van der Waals surface area contributed by atoms with E-state index in [9.17, 15) is 9.59 Å². The van der Waals surface area contributed by atoms with E-state index in [2.05, 4.69) is 10.6 Å². The zero-order chi connectivity index (χ0) is 18.4. The highest BCUT2D eigenvalue weighted by Crippen LogP contribution is 2.26. The third-order valence-corrected chi connectivity index (χ3v) is 4.36. The van der Waals surface area contributed by atoms with Crippen molar-refractivity contribution in [3.8, 4) is 0 Å². The summed E-state index contributed by atoms with van der Waals surface area (Å²) >= 11 is 0. The summed E-state index contributed by atoms with van der Waals surface area (Å²) in [6, 6.07) is 17.1. The van der Waals surface area contributed by atoms with E-state index >= 15 is 0 Å². The molecular weight excluding hydrogens is 332 g/mol. The van der Waals surface area contributed by atoms with Crippen LogP contribution in [0.2, 0.25) is 0 Å². The fraction of sp³-hybridized carbons (Fsp3) is 0.300. The first-order valence-electron chi connectivity index (χ1n) is 8.57. The Labute approximate surface area is 152 Å². The van der Waals surface area contributed by atoms with Gasteiger partial charge in [0.25, 0.3) is 0 Å². The Balaban J connectivity index is 1.42. The van der Waals surface area contributed by atoms with Gasteiger partial charge in [0.15, 0.2) is 0 Å². The Morgan fingerprint density at radius 2 is 1.69 bits per heavy atom. The highest BCUT2D eigenvalue weighted by atomic mass is 16.5. The number of para-hydroxylation sites is 1. The predicted molar refractivity (Wildman–Crippen MR) is 98.0 cm³/mol. The van der Waals surface area contributed by atoms with Gasteiger partial charge in [-0.1, -0.05) is 42.5 Å². The number of carbonyl (C=O) groups is 2. The number of benzene rings is 2. The third-order valence-electron chi connectivity index (χ3n) is 4.36. The van der Waals surface area contributed by atoms with E-state index in [4.69, 9.17) is 9.47 Å². The number of anilines is 1. The first-order valence-corrected chi connectivity index (χ1v) is 8.57. The van der Waals surface area contributed by atoms with Gasteiger partial charge in [0.1, 0.15) is 6.61 Å². The summed E-state index contributed by atoms with van der Waals surface area (Å²) in [5.41, 5.74) is 2.21. The largest absolute Gasteiger partial charge is 0.465 e. The molecule has 1 amide bonds. The average Bonchev–Trinajstić information content (AvgIpc) is 2.65. The number of carbonyl (C=O) groups excluding carboxylic acids is 2. The van der Waals surface area contributed by atoms with Gasteiger partial charge in [0, 0.05) is 17.8 Å². The molecule has 6 nitrogen and oxygen atoms in total. The molecule has 0 heterocycles. The third kappa shape index (κ3) is 4.53. The minimum Gasteiger partial charge on any atom is -0.465 e. The van der Waals surface area contributed by atoms with Crippen molar-refractivity contribution in [1.29, 1.82) is 0 Å². The maximum Gasteiger partial charge on any atom is 0.407 e. The van der Waals surface area contributed by atoms with Crippen LogP contribution in [0.1, 0.15) is 28.8 Å². The van der Waals surface area contributed by atoms with Gasteiger partial charge < -0.3 is 20.1 Å².